The Morgan fingerprint density at radius 3 is 3.09 bits per heavy atom. The van der Waals surface area contributed by atoms with Crippen molar-refractivity contribution < 1.29 is 4.42 Å². The van der Waals surface area contributed by atoms with E-state index in [1.54, 1.807) is 12.5 Å². The summed E-state index contributed by atoms with van der Waals surface area (Å²) in [7, 11) is 0. The van der Waals surface area contributed by atoms with E-state index in [0.29, 0.717) is 0 Å². The highest BCUT2D eigenvalue weighted by molar-refractivity contribution is 5.20. The highest BCUT2D eigenvalue weighted by Gasteiger charge is 2.05. The van der Waals surface area contributed by atoms with Gasteiger partial charge in [-0.2, -0.15) is 0 Å². The first-order valence-corrected chi connectivity index (χ1v) is 3.60. The van der Waals surface area contributed by atoms with Crippen LogP contribution in [0.4, 0.5) is 0 Å². The number of furan rings is 1. The van der Waals surface area contributed by atoms with Crippen LogP contribution < -0.4 is 5.32 Å². The largest absolute Gasteiger partial charge is 0.472 e. The Kier molecular flexibility index (Phi) is 2.76. The average Bonchev–Trinajstić information content (AvgIpc) is 2.52. The molecule has 0 aliphatic rings. The molecule has 0 aliphatic heterocycles. The van der Waals surface area contributed by atoms with Crippen LogP contribution in [0.15, 0.2) is 23.0 Å². The Balaban J connectivity index is 2.65. The molecule has 0 saturated heterocycles. The zero-order valence-corrected chi connectivity index (χ0v) is 6.50. The van der Waals surface area contributed by atoms with E-state index >= 15 is 0 Å². The molecule has 0 spiro atoms. The molecule has 1 atom stereocenters. The quantitative estimate of drug-likeness (QED) is 0.660. The van der Waals surface area contributed by atoms with Crippen molar-refractivity contribution in [1.82, 2.24) is 5.32 Å². The molecule has 1 aromatic rings. The molecule has 0 aliphatic carbocycles. The number of nitrogens with one attached hydrogen (secondary N) is 1. The van der Waals surface area contributed by atoms with E-state index in [-0.39, 0.29) is 6.04 Å². The van der Waals surface area contributed by atoms with Crippen LogP contribution in [-0.4, -0.2) is 6.54 Å². The Morgan fingerprint density at radius 2 is 2.64 bits per heavy atom. The second-order valence-electron chi connectivity index (χ2n) is 2.21. The standard InChI is InChI=1S/C9H11NO/c1-3-9(10-4-2)8-5-6-11-7-8/h1,5-7,9-10H,4H2,2H3. The van der Waals surface area contributed by atoms with Gasteiger partial charge in [0.1, 0.15) is 0 Å². The van der Waals surface area contributed by atoms with Gasteiger partial charge < -0.3 is 9.73 Å². The Hall–Kier alpha value is -1.20. The van der Waals surface area contributed by atoms with Gasteiger partial charge in [0, 0.05) is 5.56 Å². The third-order valence-electron chi connectivity index (χ3n) is 1.45. The van der Waals surface area contributed by atoms with Gasteiger partial charge in [-0.05, 0) is 12.6 Å². The second kappa shape index (κ2) is 3.85. The summed E-state index contributed by atoms with van der Waals surface area (Å²) in [6.45, 7) is 2.88. The monoisotopic (exact) mass is 149 g/mol. The predicted octanol–water partition coefficient (Wildman–Crippen LogP) is 1.56. The number of terminal acetylenes is 1. The molecule has 0 aromatic carbocycles. The molecule has 58 valence electrons. The molecule has 2 nitrogen and oxygen atoms in total. The minimum absolute atomic E-state index is 0.0150. The summed E-state index contributed by atoms with van der Waals surface area (Å²) in [5.74, 6) is 2.63. The molecule has 1 N–H and O–H groups in total. The molecule has 11 heavy (non-hydrogen) atoms. The number of hydrogen-bond acceptors (Lipinski definition) is 2. The molecule has 0 bridgehead atoms. The van der Waals surface area contributed by atoms with Crippen LogP contribution in [0.1, 0.15) is 18.5 Å². The molecular formula is C9H11NO. The summed E-state index contributed by atoms with van der Waals surface area (Å²) >= 11 is 0. The van der Waals surface area contributed by atoms with Crippen LogP contribution in [0.3, 0.4) is 0 Å². The third kappa shape index (κ3) is 1.86. The summed E-state index contributed by atoms with van der Waals surface area (Å²) in [4.78, 5) is 0. The smallest absolute Gasteiger partial charge is 0.0974 e. The molecule has 0 amide bonds. The van der Waals surface area contributed by atoms with Crippen LogP contribution >= 0.6 is 0 Å². The van der Waals surface area contributed by atoms with Crippen molar-refractivity contribution in [3.8, 4) is 12.3 Å². The zero-order valence-electron chi connectivity index (χ0n) is 6.50. The normalized spacial score (nSPS) is 12.4. The first-order chi connectivity index (χ1) is 5.38. The highest BCUT2D eigenvalue weighted by Crippen LogP contribution is 2.11. The lowest BCUT2D eigenvalue weighted by Crippen LogP contribution is -2.18. The van der Waals surface area contributed by atoms with Gasteiger partial charge in [-0.1, -0.05) is 12.8 Å². The fourth-order valence-electron chi connectivity index (χ4n) is 0.916. The van der Waals surface area contributed by atoms with Crippen molar-refractivity contribution in [3.63, 3.8) is 0 Å². The second-order valence-corrected chi connectivity index (χ2v) is 2.21. The fraction of sp³-hybridized carbons (Fsp3) is 0.333. The molecule has 0 fully saturated rings. The van der Waals surface area contributed by atoms with E-state index < -0.39 is 0 Å². The van der Waals surface area contributed by atoms with E-state index in [2.05, 4.69) is 11.2 Å². The van der Waals surface area contributed by atoms with Gasteiger partial charge in [0.05, 0.1) is 18.6 Å². The summed E-state index contributed by atoms with van der Waals surface area (Å²) in [6, 6.07) is 1.85. The minimum atomic E-state index is -0.0150. The average molecular weight is 149 g/mol. The van der Waals surface area contributed by atoms with Crippen LogP contribution in [-0.2, 0) is 0 Å². The molecule has 1 rings (SSSR count). The summed E-state index contributed by atoms with van der Waals surface area (Å²) in [6.07, 6.45) is 8.58. The van der Waals surface area contributed by atoms with Gasteiger partial charge in [0.25, 0.3) is 0 Å². The first-order valence-electron chi connectivity index (χ1n) is 3.60. The van der Waals surface area contributed by atoms with Crippen LogP contribution in [0, 0.1) is 12.3 Å². The van der Waals surface area contributed by atoms with Gasteiger partial charge in [0.15, 0.2) is 0 Å². The van der Waals surface area contributed by atoms with Gasteiger partial charge in [-0.3, -0.25) is 0 Å². The molecular weight excluding hydrogens is 138 g/mol. The Morgan fingerprint density at radius 1 is 1.82 bits per heavy atom. The summed E-state index contributed by atoms with van der Waals surface area (Å²) in [5, 5.41) is 3.14. The van der Waals surface area contributed by atoms with E-state index in [0.717, 1.165) is 12.1 Å². The van der Waals surface area contributed by atoms with Crippen molar-refractivity contribution in [2.45, 2.75) is 13.0 Å². The van der Waals surface area contributed by atoms with Gasteiger partial charge in [-0.25, -0.2) is 0 Å². The van der Waals surface area contributed by atoms with E-state index in [1.165, 1.54) is 0 Å². The fourth-order valence-corrected chi connectivity index (χ4v) is 0.916. The maximum Gasteiger partial charge on any atom is 0.0974 e. The Labute approximate surface area is 66.6 Å². The maximum atomic E-state index is 5.30. The van der Waals surface area contributed by atoms with Gasteiger partial charge >= 0.3 is 0 Å². The van der Waals surface area contributed by atoms with Crippen molar-refractivity contribution in [3.05, 3.63) is 24.2 Å². The van der Waals surface area contributed by atoms with E-state index in [4.69, 9.17) is 10.8 Å². The lowest BCUT2D eigenvalue weighted by molar-refractivity contribution is 0.557. The van der Waals surface area contributed by atoms with Crippen molar-refractivity contribution in [2.75, 3.05) is 6.54 Å². The first kappa shape index (κ1) is 7.90. The number of rotatable bonds is 3. The minimum Gasteiger partial charge on any atom is -0.472 e. The number of hydrogen-bond donors (Lipinski definition) is 1. The molecule has 1 unspecified atom stereocenters. The van der Waals surface area contributed by atoms with Crippen LogP contribution in [0.5, 0.6) is 0 Å². The summed E-state index contributed by atoms with van der Waals surface area (Å²) < 4.78 is 4.91. The lowest BCUT2D eigenvalue weighted by Gasteiger charge is -2.07. The molecule has 2 heteroatoms. The van der Waals surface area contributed by atoms with Crippen molar-refractivity contribution in [1.29, 1.82) is 0 Å². The zero-order chi connectivity index (χ0) is 8.10. The lowest BCUT2D eigenvalue weighted by atomic mass is 10.1. The molecule has 0 radical (unpaired) electrons. The molecule has 1 heterocycles. The summed E-state index contributed by atoms with van der Waals surface area (Å²) in [5.41, 5.74) is 1.01. The van der Waals surface area contributed by atoms with E-state index in [1.807, 2.05) is 13.0 Å². The Bertz CT molecular complexity index is 233. The van der Waals surface area contributed by atoms with Crippen LogP contribution in [0.25, 0.3) is 0 Å². The highest BCUT2D eigenvalue weighted by atomic mass is 16.3. The van der Waals surface area contributed by atoms with E-state index in [9.17, 15) is 0 Å². The van der Waals surface area contributed by atoms with Crippen molar-refractivity contribution >= 4 is 0 Å². The topological polar surface area (TPSA) is 25.2 Å². The molecule has 1 aromatic heterocycles. The maximum absolute atomic E-state index is 5.30. The van der Waals surface area contributed by atoms with Crippen molar-refractivity contribution in [2.24, 2.45) is 0 Å². The van der Waals surface area contributed by atoms with Gasteiger partial charge in [0.2, 0.25) is 0 Å². The predicted molar refractivity (Wildman–Crippen MR) is 44.0 cm³/mol. The molecule has 0 saturated carbocycles. The van der Waals surface area contributed by atoms with Crippen LogP contribution in [0.2, 0.25) is 0 Å². The SMILES string of the molecule is C#CC(NCC)c1ccoc1. The van der Waals surface area contributed by atoms with Gasteiger partial charge in [-0.15, -0.1) is 6.42 Å². The third-order valence-corrected chi connectivity index (χ3v) is 1.45.